The number of carboxylic acids is 1. The molecule has 0 radical (unpaired) electrons. The van der Waals surface area contributed by atoms with Gasteiger partial charge in [-0.25, -0.2) is 14.8 Å². The molecule has 0 amide bonds. The van der Waals surface area contributed by atoms with Crippen LogP contribution < -0.4 is 4.90 Å². The summed E-state index contributed by atoms with van der Waals surface area (Å²) in [7, 11) is 0. The van der Waals surface area contributed by atoms with Crippen LogP contribution in [0.5, 0.6) is 5.75 Å². The predicted octanol–water partition coefficient (Wildman–Crippen LogP) is 2.95. The number of pyridine rings is 1. The molecule has 0 aromatic carbocycles. The predicted molar refractivity (Wildman–Crippen MR) is 99.8 cm³/mol. The molecule has 8 heteroatoms. The van der Waals surface area contributed by atoms with E-state index in [4.69, 9.17) is 9.15 Å². The second-order valence-corrected chi connectivity index (χ2v) is 6.69. The Hall–Kier alpha value is -3.13. The van der Waals surface area contributed by atoms with E-state index < -0.39 is 11.7 Å². The molecule has 2 aromatic rings. The number of aromatic carboxylic acids is 1. The minimum Gasteiger partial charge on any atom is -0.504 e. The average Bonchev–Trinajstić information content (AvgIpc) is 3.16. The van der Waals surface area contributed by atoms with Crippen LogP contribution in [0.4, 0.5) is 11.7 Å². The van der Waals surface area contributed by atoms with Gasteiger partial charge in [0.2, 0.25) is 5.88 Å². The van der Waals surface area contributed by atoms with Crippen LogP contribution >= 0.6 is 0 Å². The number of fused-ring (bicyclic) bond motifs is 1. The lowest BCUT2D eigenvalue weighted by Crippen LogP contribution is -2.45. The number of aromatic nitrogens is 1. The van der Waals surface area contributed by atoms with Gasteiger partial charge in [0.1, 0.15) is 0 Å². The van der Waals surface area contributed by atoms with Crippen LogP contribution in [0.2, 0.25) is 0 Å². The maximum Gasteiger partial charge on any atom is 0.345 e. The molecule has 2 aliphatic heterocycles. The summed E-state index contributed by atoms with van der Waals surface area (Å²) in [6, 6.07) is 3.64. The summed E-state index contributed by atoms with van der Waals surface area (Å²) in [5.41, 5.74) is 1.24. The van der Waals surface area contributed by atoms with Crippen LogP contribution in [0.1, 0.15) is 35.5 Å². The van der Waals surface area contributed by atoms with E-state index in [1.54, 1.807) is 29.5 Å². The SMILES string of the molecule is CC1CN(c2oc(C=C3C=Nc4ncccc43)c(O)c2C(=O)O)CC(C)O1. The molecule has 2 unspecified atom stereocenters. The molecule has 1 saturated heterocycles. The molecule has 8 nitrogen and oxygen atoms in total. The van der Waals surface area contributed by atoms with Crippen molar-refractivity contribution in [1.29, 1.82) is 0 Å². The van der Waals surface area contributed by atoms with Gasteiger partial charge in [0, 0.05) is 36.6 Å². The summed E-state index contributed by atoms with van der Waals surface area (Å²) in [5.74, 6) is -0.862. The van der Waals surface area contributed by atoms with E-state index in [2.05, 4.69) is 9.98 Å². The minimum atomic E-state index is -1.25. The van der Waals surface area contributed by atoms with E-state index in [1.807, 2.05) is 19.9 Å². The van der Waals surface area contributed by atoms with Crippen molar-refractivity contribution >= 4 is 35.5 Å². The second-order valence-electron chi connectivity index (χ2n) is 6.69. The third-order valence-electron chi connectivity index (χ3n) is 4.52. The normalized spacial score (nSPS) is 23.0. The molecule has 0 bridgehead atoms. The molecule has 2 N–H and O–H groups in total. The number of ether oxygens (including phenoxy) is 1. The van der Waals surface area contributed by atoms with Crippen molar-refractivity contribution in [1.82, 2.24) is 4.98 Å². The molecular formula is C19H19N3O5. The molecule has 140 valence electrons. The number of furan rings is 1. The molecule has 0 aliphatic carbocycles. The first kappa shape index (κ1) is 17.3. The lowest BCUT2D eigenvalue weighted by atomic mass is 10.1. The van der Waals surface area contributed by atoms with Crippen LogP contribution in [0, 0.1) is 0 Å². The number of aliphatic imine (C=N–C) groups is 1. The van der Waals surface area contributed by atoms with E-state index in [0.717, 1.165) is 5.56 Å². The van der Waals surface area contributed by atoms with E-state index in [-0.39, 0.29) is 29.4 Å². The van der Waals surface area contributed by atoms with E-state index in [9.17, 15) is 15.0 Å². The number of carbonyl (C=O) groups is 1. The maximum absolute atomic E-state index is 11.8. The Morgan fingerprint density at radius 2 is 2.07 bits per heavy atom. The van der Waals surface area contributed by atoms with Crippen molar-refractivity contribution in [3.05, 3.63) is 35.2 Å². The van der Waals surface area contributed by atoms with Crippen LogP contribution in [0.3, 0.4) is 0 Å². The zero-order chi connectivity index (χ0) is 19.1. The number of carboxylic acid groups (broad SMARTS) is 1. The van der Waals surface area contributed by atoms with Gasteiger partial charge in [0.05, 0.1) is 12.2 Å². The van der Waals surface area contributed by atoms with Gasteiger partial charge in [-0.05, 0) is 32.1 Å². The Kier molecular flexibility index (Phi) is 4.19. The van der Waals surface area contributed by atoms with Gasteiger partial charge in [-0.1, -0.05) is 0 Å². The zero-order valence-electron chi connectivity index (χ0n) is 14.9. The Balaban J connectivity index is 1.77. The molecular weight excluding hydrogens is 350 g/mol. The monoisotopic (exact) mass is 369 g/mol. The van der Waals surface area contributed by atoms with E-state index in [1.165, 1.54) is 0 Å². The second kappa shape index (κ2) is 6.55. The van der Waals surface area contributed by atoms with Gasteiger partial charge in [0.15, 0.2) is 22.9 Å². The molecule has 2 aliphatic rings. The van der Waals surface area contributed by atoms with Gasteiger partial charge in [-0.2, -0.15) is 0 Å². The van der Waals surface area contributed by atoms with Crippen LogP contribution in [0.25, 0.3) is 11.6 Å². The average molecular weight is 369 g/mol. The van der Waals surface area contributed by atoms with Gasteiger partial charge >= 0.3 is 5.97 Å². The lowest BCUT2D eigenvalue weighted by Gasteiger charge is -2.35. The van der Waals surface area contributed by atoms with E-state index >= 15 is 0 Å². The number of hydrogen-bond donors (Lipinski definition) is 2. The highest BCUT2D eigenvalue weighted by atomic mass is 16.5. The fourth-order valence-corrected chi connectivity index (χ4v) is 3.47. The highest BCUT2D eigenvalue weighted by Crippen LogP contribution is 2.40. The first-order valence-corrected chi connectivity index (χ1v) is 8.64. The summed E-state index contributed by atoms with van der Waals surface area (Å²) in [4.78, 5) is 21.9. The minimum absolute atomic E-state index is 0.0763. The van der Waals surface area contributed by atoms with Crippen LogP contribution in [-0.4, -0.2) is 52.7 Å². The number of rotatable bonds is 3. The van der Waals surface area contributed by atoms with Gasteiger partial charge < -0.3 is 24.3 Å². The summed E-state index contributed by atoms with van der Waals surface area (Å²) >= 11 is 0. The molecule has 1 fully saturated rings. The zero-order valence-corrected chi connectivity index (χ0v) is 14.9. The van der Waals surface area contributed by atoms with Crippen molar-refractivity contribution in [2.45, 2.75) is 26.1 Å². The summed E-state index contributed by atoms with van der Waals surface area (Å²) < 4.78 is 11.5. The Labute approximate surface area is 155 Å². The Bertz CT molecular complexity index is 952. The van der Waals surface area contributed by atoms with Gasteiger partial charge in [-0.15, -0.1) is 0 Å². The third-order valence-corrected chi connectivity index (χ3v) is 4.52. The number of hydrogen-bond acceptors (Lipinski definition) is 7. The summed E-state index contributed by atoms with van der Waals surface area (Å²) in [6.07, 6.45) is 4.67. The molecule has 4 heterocycles. The first-order valence-electron chi connectivity index (χ1n) is 8.64. The smallest absolute Gasteiger partial charge is 0.345 e. The molecule has 4 rings (SSSR count). The Morgan fingerprint density at radius 3 is 2.78 bits per heavy atom. The third kappa shape index (κ3) is 3.08. The molecule has 27 heavy (non-hydrogen) atoms. The van der Waals surface area contributed by atoms with Crippen molar-refractivity contribution in [3.8, 4) is 5.75 Å². The number of nitrogens with zero attached hydrogens (tertiary/aromatic N) is 3. The number of morpholine rings is 1. The number of anilines is 1. The highest BCUT2D eigenvalue weighted by Gasteiger charge is 2.32. The van der Waals surface area contributed by atoms with Crippen LogP contribution in [-0.2, 0) is 4.74 Å². The summed E-state index contributed by atoms with van der Waals surface area (Å²) in [5, 5.41) is 20.1. The van der Waals surface area contributed by atoms with Gasteiger partial charge in [-0.3, -0.25) is 0 Å². The maximum atomic E-state index is 11.8. The van der Waals surface area contributed by atoms with Crippen molar-refractivity contribution in [2.75, 3.05) is 18.0 Å². The fourth-order valence-electron chi connectivity index (χ4n) is 3.47. The van der Waals surface area contributed by atoms with Crippen molar-refractivity contribution in [2.24, 2.45) is 4.99 Å². The molecule has 0 saturated carbocycles. The van der Waals surface area contributed by atoms with Crippen molar-refractivity contribution in [3.63, 3.8) is 0 Å². The summed E-state index contributed by atoms with van der Waals surface area (Å²) in [6.45, 7) is 4.77. The topological polar surface area (TPSA) is 108 Å². The Morgan fingerprint density at radius 1 is 1.33 bits per heavy atom. The quantitative estimate of drug-likeness (QED) is 0.856. The van der Waals surface area contributed by atoms with E-state index in [0.29, 0.717) is 24.5 Å². The fraction of sp³-hybridized carbons (Fsp3) is 0.316. The first-order chi connectivity index (χ1) is 12.9. The molecule has 0 spiro atoms. The molecule has 2 atom stereocenters. The lowest BCUT2D eigenvalue weighted by molar-refractivity contribution is -0.00653. The highest BCUT2D eigenvalue weighted by molar-refractivity contribution is 6.21. The molecule has 2 aromatic heterocycles. The number of allylic oxidation sites excluding steroid dienone is 1. The van der Waals surface area contributed by atoms with Gasteiger partial charge in [0.25, 0.3) is 0 Å². The van der Waals surface area contributed by atoms with Crippen LogP contribution in [0.15, 0.2) is 27.7 Å². The van der Waals surface area contributed by atoms with Crippen molar-refractivity contribution < 1.29 is 24.2 Å². The largest absolute Gasteiger partial charge is 0.504 e. The number of aromatic hydroxyl groups is 1. The standard InChI is InChI=1S/C19H19N3O5/c1-10-8-22(9-11(2)26-10)18-15(19(24)25)16(23)14(27-18)6-12-7-21-17-13(12)4-3-5-20-17/h3-7,10-11,23H,8-9H2,1-2H3,(H,24,25).